The van der Waals surface area contributed by atoms with Gasteiger partial charge in [0.05, 0.1) is 5.54 Å². The summed E-state index contributed by atoms with van der Waals surface area (Å²) in [4.78, 5) is 4.92. The third kappa shape index (κ3) is 4.71. The van der Waals surface area contributed by atoms with Gasteiger partial charge in [0.1, 0.15) is 18.1 Å². The van der Waals surface area contributed by atoms with Crippen molar-refractivity contribution in [2.24, 2.45) is 4.99 Å². The van der Waals surface area contributed by atoms with Crippen LogP contribution in [0.3, 0.4) is 0 Å². The van der Waals surface area contributed by atoms with Gasteiger partial charge in [-0.2, -0.15) is 0 Å². The molecule has 0 saturated heterocycles. The lowest BCUT2D eigenvalue weighted by molar-refractivity contribution is 0.305. The van der Waals surface area contributed by atoms with Crippen LogP contribution in [0.25, 0.3) is 11.1 Å². The maximum absolute atomic E-state index is 6.14. The van der Waals surface area contributed by atoms with E-state index in [1.807, 2.05) is 0 Å². The summed E-state index contributed by atoms with van der Waals surface area (Å²) in [5.74, 6) is 1.87. The van der Waals surface area contributed by atoms with Crippen molar-refractivity contribution in [2.75, 3.05) is 5.32 Å². The van der Waals surface area contributed by atoms with Crippen LogP contribution in [0.2, 0.25) is 0 Å². The van der Waals surface area contributed by atoms with Gasteiger partial charge in [-0.05, 0) is 80.0 Å². The average Bonchev–Trinajstić information content (AvgIpc) is 3.02. The molecule has 0 radical (unpaired) electrons. The molecule has 29 heavy (non-hydrogen) atoms. The normalized spacial score (nSPS) is 16.1. The number of nitrogens with zero attached hydrogens (tertiary/aromatic N) is 2. The molecule has 0 unspecified atom stereocenters. The number of anilines is 1. The lowest BCUT2D eigenvalue weighted by atomic mass is 10.0. The van der Waals surface area contributed by atoms with Crippen LogP contribution >= 0.6 is 15.9 Å². The highest BCUT2D eigenvalue weighted by Crippen LogP contribution is 2.45. The van der Waals surface area contributed by atoms with Crippen molar-refractivity contribution in [3.05, 3.63) is 40.0 Å². The Balaban J connectivity index is 2.38. The van der Waals surface area contributed by atoms with Gasteiger partial charge in [-0.1, -0.05) is 28.1 Å². The van der Waals surface area contributed by atoms with Crippen LogP contribution < -0.4 is 5.32 Å². The first-order valence-electron chi connectivity index (χ1n) is 10.2. The van der Waals surface area contributed by atoms with E-state index in [0.29, 0.717) is 6.61 Å². The molecule has 0 fully saturated rings. The molecule has 2 aromatic rings. The van der Waals surface area contributed by atoms with Crippen molar-refractivity contribution in [1.29, 1.82) is 0 Å². The predicted molar refractivity (Wildman–Crippen MR) is 127 cm³/mol. The number of benzene rings is 1. The van der Waals surface area contributed by atoms with Crippen molar-refractivity contribution in [1.82, 2.24) is 4.57 Å². The van der Waals surface area contributed by atoms with E-state index < -0.39 is 0 Å². The molecule has 3 rings (SSSR count). The van der Waals surface area contributed by atoms with Gasteiger partial charge >= 0.3 is 0 Å². The lowest BCUT2D eigenvalue weighted by Gasteiger charge is -2.32. The second kappa shape index (κ2) is 7.19. The molecule has 0 amide bonds. The summed E-state index contributed by atoms with van der Waals surface area (Å²) in [5.41, 5.74) is 4.25. The number of hydrogen-bond acceptors (Lipinski definition) is 3. The maximum Gasteiger partial charge on any atom is 0.234 e. The number of rotatable bonds is 2. The summed E-state index contributed by atoms with van der Waals surface area (Å²) < 4.78 is 9.59. The van der Waals surface area contributed by atoms with Crippen molar-refractivity contribution in [3.63, 3.8) is 0 Å². The first-order valence-corrected chi connectivity index (χ1v) is 11.0. The van der Waals surface area contributed by atoms with Crippen LogP contribution in [-0.2, 0) is 16.9 Å². The quantitative estimate of drug-likeness (QED) is 0.526. The molecule has 0 aliphatic carbocycles. The topological polar surface area (TPSA) is 38.5 Å². The minimum absolute atomic E-state index is 0.0819. The summed E-state index contributed by atoms with van der Waals surface area (Å²) in [7, 11) is 0. The van der Waals surface area contributed by atoms with Gasteiger partial charge in [0, 0.05) is 26.7 Å². The molecule has 5 heteroatoms. The molecule has 1 aliphatic heterocycles. The zero-order chi connectivity index (χ0) is 21.8. The molecule has 4 nitrogen and oxygen atoms in total. The van der Waals surface area contributed by atoms with Gasteiger partial charge in [-0.25, -0.2) is 4.99 Å². The monoisotopic (exact) mass is 459 g/mol. The van der Waals surface area contributed by atoms with Crippen LogP contribution in [0.4, 0.5) is 5.82 Å². The Kier molecular flexibility index (Phi) is 5.44. The van der Waals surface area contributed by atoms with Crippen LogP contribution in [0.15, 0.2) is 33.7 Å². The maximum atomic E-state index is 6.14. The second-order valence-corrected chi connectivity index (χ2v) is 11.7. The molecular weight excluding hydrogens is 426 g/mol. The van der Waals surface area contributed by atoms with Gasteiger partial charge < -0.3 is 14.6 Å². The first-order chi connectivity index (χ1) is 13.2. The number of ether oxygens (including phenoxy) is 1. The molecule has 1 aromatic heterocycles. The van der Waals surface area contributed by atoms with Gasteiger partial charge in [0.15, 0.2) is 0 Å². The molecule has 0 atom stereocenters. The number of aliphatic imine (C=N–C) groups is 1. The van der Waals surface area contributed by atoms with Crippen LogP contribution in [-0.4, -0.2) is 21.5 Å². The zero-order valence-corrected chi connectivity index (χ0v) is 20.8. The zero-order valence-electron chi connectivity index (χ0n) is 19.2. The minimum atomic E-state index is -0.209. The molecule has 1 aromatic carbocycles. The number of aromatic nitrogens is 1. The SMILES string of the molecule is CC(C)(C)N=C1OCc2c(-c3ccc(Br)cc3)c(NC(C)(C)C)n(C(C)(C)C)c21. The minimum Gasteiger partial charge on any atom is -0.471 e. The third-order valence-corrected chi connectivity index (χ3v) is 5.09. The molecule has 1 aliphatic rings. The summed E-state index contributed by atoms with van der Waals surface area (Å²) in [6.45, 7) is 20.2. The highest BCUT2D eigenvalue weighted by molar-refractivity contribution is 9.10. The smallest absolute Gasteiger partial charge is 0.234 e. The molecule has 0 saturated carbocycles. The van der Waals surface area contributed by atoms with Crippen LogP contribution in [0.1, 0.15) is 73.6 Å². The Morgan fingerprint density at radius 1 is 0.966 bits per heavy atom. The summed E-state index contributed by atoms with van der Waals surface area (Å²) in [6.07, 6.45) is 0. The Labute approximate surface area is 183 Å². The molecule has 1 N–H and O–H groups in total. The number of halogens is 1. The van der Waals surface area contributed by atoms with Crippen molar-refractivity contribution in [2.45, 2.75) is 85.5 Å². The van der Waals surface area contributed by atoms with Gasteiger partial charge in [-0.15, -0.1) is 0 Å². The van der Waals surface area contributed by atoms with E-state index in [1.54, 1.807) is 0 Å². The highest BCUT2D eigenvalue weighted by Gasteiger charge is 2.38. The van der Waals surface area contributed by atoms with Gasteiger partial charge in [0.2, 0.25) is 5.90 Å². The van der Waals surface area contributed by atoms with E-state index in [9.17, 15) is 0 Å². The Morgan fingerprint density at radius 3 is 2.03 bits per heavy atom. The van der Waals surface area contributed by atoms with E-state index in [0.717, 1.165) is 21.9 Å². The largest absolute Gasteiger partial charge is 0.471 e. The first kappa shape index (κ1) is 21.9. The number of hydrogen-bond donors (Lipinski definition) is 1. The van der Waals surface area contributed by atoms with E-state index >= 15 is 0 Å². The molecular formula is C24H34BrN3O. The number of nitrogens with one attached hydrogen (secondary N) is 1. The highest BCUT2D eigenvalue weighted by atomic mass is 79.9. The summed E-state index contributed by atoms with van der Waals surface area (Å²) >= 11 is 3.56. The fourth-order valence-corrected chi connectivity index (χ4v) is 3.92. The Hall–Kier alpha value is -1.75. The van der Waals surface area contributed by atoms with Gasteiger partial charge in [0.25, 0.3) is 0 Å². The second-order valence-electron chi connectivity index (χ2n) is 10.8. The number of fused-ring (bicyclic) bond motifs is 1. The Morgan fingerprint density at radius 2 is 1.55 bits per heavy atom. The molecule has 0 spiro atoms. The van der Waals surface area contributed by atoms with Crippen molar-refractivity contribution in [3.8, 4) is 11.1 Å². The Bertz CT molecular complexity index is 933. The van der Waals surface area contributed by atoms with Crippen LogP contribution in [0.5, 0.6) is 0 Å². The predicted octanol–water partition coefficient (Wildman–Crippen LogP) is 6.96. The van der Waals surface area contributed by atoms with Crippen LogP contribution in [0, 0.1) is 0 Å². The fraction of sp³-hybridized carbons (Fsp3) is 0.542. The third-order valence-electron chi connectivity index (χ3n) is 4.56. The standard InChI is InChI=1S/C24H34BrN3O/c1-22(2,3)26-20-18(15-10-12-16(25)13-11-15)17-14-29-21(27-23(4,5)6)19(17)28(20)24(7,8)9/h10-13,26H,14H2,1-9H3. The van der Waals surface area contributed by atoms with E-state index in [-0.39, 0.29) is 16.6 Å². The van der Waals surface area contributed by atoms with Crippen molar-refractivity contribution >= 4 is 27.6 Å². The van der Waals surface area contributed by atoms with Gasteiger partial charge in [-0.3, -0.25) is 0 Å². The molecule has 2 heterocycles. The summed E-state index contributed by atoms with van der Waals surface area (Å²) in [5, 5.41) is 3.79. The molecule has 0 bridgehead atoms. The van der Waals surface area contributed by atoms with E-state index in [2.05, 4.69) is 112 Å². The van der Waals surface area contributed by atoms with E-state index in [4.69, 9.17) is 9.73 Å². The lowest BCUT2D eigenvalue weighted by Crippen LogP contribution is -2.33. The average molecular weight is 460 g/mol. The van der Waals surface area contributed by atoms with Crippen molar-refractivity contribution < 1.29 is 4.74 Å². The molecule has 158 valence electrons. The fourth-order valence-electron chi connectivity index (χ4n) is 3.66. The van der Waals surface area contributed by atoms with E-state index in [1.165, 1.54) is 16.7 Å². The summed E-state index contributed by atoms with van der Waals surface area (Å²) in [6, 6.07) is 8.52.